The minimum atomic E-state index is 0.155. The van der Waals surface area contributed by atoms with Gasteiger partial charge in [-0.15, -0.1) is 0 Å². The van der Waals surface area contributed by atoms with Crippen molar-refractivity contribution in [2.75, 3.05) is 0 Å². The van der Waals surface area contributed by atoms with Gasteiger partial charge in [0.05, 0.1) is 0 Å². The molecule has 0 saturated carbocycles. The van der Waals surface area contributed by atoms with E-state index in [0.717, 1.165) is 27.6 Å². The van der Waals surface area contributed by atoms with E-state index in [9.17, 15) is 10.2 Å². The van der Waals surface area contributed by atoms with Gasteiger partial charge in [-0.1, -0.05) is 23.2 Å². The smallest absolute Gasteiger partial charge is 0.143 e. The fraction of sp³-hybridized carbons (Fsp3) is 0.0476. The molecule has 0 unspecified atom stereocenters. The molecule has 0 bridgehead atoms. The molecule has 130 valence electrons. The first-order valence-electron chi connectivity index (χ1n) is 7.94. The molecule has 0 spiro atoms. The number of fused-ring (bicyclic) bond motifs is 1. The van der Waals surface area contributed by atoms with Gasteiger partial charge in [0.2, 0.25) is 0 Å². The number of benzene rings is 3. The average Bonchev–Trinajstić information content (AvgIpc) is 2.94. The molecule has 2 N–H and O–H groups in total. The Morgan fingerprint density at radius 2 is 1.42 bits per heavy atom. The van der Waals surface area contributed by atoms with Crippen molar-refractivity contribution < 1.29 is 14.6 Å². The maximum atomic E-state index is 10.1. The van der Waals surface area contributed by atoms with Gasteiger partial charge in [-0.05, 0) is 72.6 Å². The van der Waals surface area contributed by atoms with E-state index in [0.29, 0.717) is 21.4 Å². The SMILES string of the molecule is Cc1cc(O)cc2c(-c3cc(Cl)cc(Cl)c3)c(-c3ccc(O)cc3)oc12. The number of aryl methyl sites for hydroxylation is 1. The highest BCUT2D eigenvalue weighted by molar-refractivity contribution is 6.35. The molecule has 0 saturated heterocycles. The molecule has 0 amide bonds. The van der Waals surface area contributed by atoms with Gasteiger partial charge in [0.15, 0.2) is 0 Å². The third-order valence-corrected chi connectivity index (χ3v) is 4.68. The fourth-order valence-corrected chi connectivity index (χ4v) is 3.68. The molecule has 4 rings (SSSR count). The average molecular weight is 385 g/mol. The number of furan rings is 1. The predicted octanol–water partition coefficient (Wildman–Crippen LogP) is 6.79. The molecule has 0 fully saturated rings. The van der Waals surface area contributed by atoms with Crippen molar-refractivity contribution in [3.05, 3.63) is 70.2 Å². The minimum absolute atomic E-state index is 0.155. The Morgan fingerprint density at radius 3 is 2.08 bits per heavy atom. The van der Waals surface area contributed by atoms with E-state index in [-0.39, 0.29) is 11.5 Å². The summed E-state index contributed by atoms with van der Waals surface area (Å²) in [7, 11) is 0. The molecule has 0 aliphatic carbocycles. The first-order valence-corrected chi connectivity index (χ1v) is 8.70. The normalized spacial score (nSPS) is 11.2. The van der Waals surface area contributed by atoms with E-state index in [1.54, 1.807) is 54.6 Å². The summed E-state index contributed by atoms with van der Waals surface area (Å²) in [6.45, 7) is 1.88. The van der Waals surface area contributed by atoms with Crippen LogP contribution >= 0.6 is 23.2 Å². The molecular formula is C21H14Cl2O3. The lowest BCUT2D eigenvalue weighted by atomic mass is 9.97. The summed E-state index contributed by atoms with van der Waals surface area (Å²) in [5.41, 5.74) is 3.86. The largest absolute Gasteiger partial charge is 0.508 e. The summed E-state index contributed by atoms with van der Waals surface area (Å²) < 4.78 is 6.17. The van der Waals surface area contributed by atoms with Crippen molar-refractivity contribution in [1.29, 1.82) is 0 Å². The molecular weight excluding hydrogens is 371 g/mol. The van der Waals surface area contributed by atoms with Crippen molar-refractivity contribution in [3.63, 3.8) is 0 Å². The number of rotatable bonds is 2. The number of halogens is 2. The fourth-order valence-electron chi connectivity index (χ4n) is 3.15. The van der Waals surface area contributed by atoms with E-state index in [1.165, 1.54) is 0 Å². The quantitative estimate of drug-likeness (QED) is 0.399. The second kappa shape index (κ2) is 6.27. The van der Waals surface area contributed by atoms with Crippen LogP contribution in [-0.4, -0.2) is 10.2 Å². The standard InChI is InChI=1S/C21H14Cl2O3/c1-11-6-17(25)10-18-19(13-7-14(22)9-15(23)8-13)21(26-20(11)18)12-2-4-16(24)5-3-12/h2-10,24-25H,1H3. The lowest BCUT2D eigenvalue weighted by Crippen LogP contribution is -1.82. The molecule has 26 heavy (non-hydrogen) atoms. The second-order valence-corrected chi connectivity index (χ2v) is 7.02. The van der Waals surface area contributed by atoms with Gasteiger partial charge in [-0.25, -0.2) is 0 Å². The number of phenols is 2. The molecule has 0 aliphatic rings. The second-order valence-electron chi connectivity index (χ2n) is 6.15. The highest BCUT2D eigenvalue weighted by Gasteiger charge is 2.20. The first-order chi connectivity index (χ1) is 12.4. The topological polar surface area (TPSA) is 53.6 Å². The van der Waals surface area contributed by atoms with E-state index in [1.807, 2.05) is 6.92 Å². The zero-order chi connectivity index (χ0) is 18.4. The molecule has 0 aliphatic heterocycles. The molecule has 1 aromatic heterocycles. The van der Waals surface area contributed by atoms with Crippen LogP contribution in [0.5, 0.6) is 11.5 Å². The zero-order valence-corrected chi connectivity index (χ0v) is 15.3. The molecule has 4 aromatic rings. The summed E-state index contributed by atoms with van der Waals surface area (Å²) in [5, 5.41) is 21.5. The van der Waals surface area contributed by atoms with E-state index in [2.05, 4.69) is 0 Å². The van der Waals surface area contributed by atoms with Gasteiger partial charge >= 0.3 is 0 Å². The van der Waals surface area contributed by atoms with Crippen molar-refractivity contribution in [3.8, 4) is 33.9 Å². The van der Waals surface area contributed by atoms with Crippen LogP contribution in [0.15, 0.2) is 59.0 Å². The number of aromatic hydroxyl groups is 2. The van der Waals surface area contributed by atoms with Gasteiger partial charge in [-0.3, -0.25) is 0 Å². The predicted molar refractivity (Wildman–Crippen MR) is 105 cm³/mol. The van der Waals surface area contributed by atoms with Gasteiger partial charge in [0.25, 0.3) is 0 Å². The highest BCUT2D eigenvalue weighted by atomic mass is 35.5. The summed E-state index contributed by atoms with van der Waals surface area (Å²) >= 11 is 12.4. The van der Waals surface area contributed by atoms with Crippen molar-refractivity contribution in [2.45, 2.75) is 6.92 Å². The monoisotopic (exact) mass is 384 g/mol. The Balaban J connectivity index is 2.10. The van der Waals surface area contributed by atoms with E-state index < -0.39 is 0 Å². The van der Waals surface area contributed by atoms with Crippen molar-refractivity contribution in [2.24, 2.45) is 0 Å². The Hall–Kier alpha value is -2.62. The molecule has 0 radical (unpaired) electrons. The van der Waals surface area contributed by atoms with Crippen LogP contribution < -0.4 is 0 Å². The molecule has 3 aromatic carbocycles. The van der Waals surface area contributed by atoms with E-state index in [4.69, 9.17) is 27.6 Å². The maximum absolute atomic E-state index is 10.1. The van der Waals surface area contributed by atoms with Crippen LogP contribution in [0.2, 0.25) is 10.0 Å². The Labute approximate surface area is 160 Å². The number of hydrogen-bond donors (Lipinski definition) is 2. The third-order valence-electron chi connectivity index (χ3n) is 4.24. The van der Waals surface area contributed by atoms with Crippen LogP contribution in [0.25, 0.3) is 33.4 Å². The van der Waals surface area contributed by atoms with Crippen LogP contribution in [0.1, 0.15) is 5.56 Å². The lowest BCUT2D eigenvalue weighted by molar-refractivity contribution is 0.474. The summed E-state index contributed by atoms with van der Waals surface area (Å²) in [6, 6.07) is 15.3. The Bertz CT molecular complexity index is 1110. The van der Waals surface area contributed by atoms with Crippen LogP contribution in [-0.2, 0) is 0 Å². The molecule has 3 nitrogen and oxygen atoms in total. The van der Waals surface area contributed by atoms with Gasteiger partial charge in [-0.2, -0.15) is 0 Å². The summed E-state index contributed by atoms with van der Waals surface area (Å²) in [6.07, 6.45) is 0. The van der Waals surface area contributed by atoms with Gasteiger partial charge in [0.1, 0.15) is 22.8 Å². The minimum Gasteiger partial charge on any atom is -0.508 e. The Kier molecular flexibility index (Phi) is 4.06. The third kappa shape index (κ3) is 2.90. The molecule has 0 atom stereocenters. The highest BCUT2D eigenvalue weighted by Crippen LogP contribution is 2.44. The number of hydrogen-bond acceptors (Lipinski definition) is 3. The number of phenolic OH excluding ortho intramolecular Hbond substituents is 2. The summed E-state index contributed by atoms with van der Waals surface area (Å²) in [4.78, 5) is 0. The lowest BCUT2D eigenvalue weighted by Gasteiger charge is -2.06. The van der Waals surface area contributed by atoms with Crippen LogP contribution in [0.4, 0.5) is 0 Å². The molecule has 1 heterocycles. The van der Waals surface area contributed by atoms with E-state index >= 15 is 0 Å². The van der Waals surface area contributed by atoms with Gasteiger partial charge < -0.3 is 14.6 Å². The zero-order valence-electron chi connectivity index (χ0n) is 13.8. The van der Waals surface area contributed by atoms with Crippen molar-refractivity contribution in [1.82, 2.24) is 0 Å². The van der Waals surface area contributed by atoms with Crippen LogP contribution in [0, 0.1) is 6.92 Å². The molecule has 5 heteroatoms. The summed E-state index contributed by atoms with van der Waals surface area (Å²) in [5.74, 6) is 0.945. The first kappa shape index (κ1) is 16.8. The Morgan fingerprint density at radius 1 is 0.769 bits per heavy atom. The van der Waals surface area contributed by atoms with Crippen molar-refractivity contribution >= 4 is 34.2 Å². The maximum Gasteiger partial charge on any atom is 0.143 e. The van der Waals surface area contributed by atoms with Gasteiger partial charge in [0, 0.05) is 26.6 Å². The van der Waals surface area contributed by atoms with Crippen LogP contribution in [0.3, 0.4) is 0 Å².